The molecule has 3 rings (SSSR count). The summed E-state index contributed by atoms with van der Waals surface area (Å²) < 4.78 is 0. The second kappa shape index (κ2) is 7.54. The molecule has 0 aromatic carbocycles. The highest BCUT2D eigenvalue weighted by Crippen LogP contribution is 2.16. The lowest BCUT2D eigenvalue weighted by molar-refractivity contribution is -0.126. The van der Waals surface area contributed by atoms with Gasteiger partial charge in [-0.1, -0.05) is 6.07 Å². The van der Waals surface area contributed by atoms with E-state index in [9.17, 15) is 4.79 Å². The van der Waals surface area contributed by atoms with Crippen molar-refractivity contribution in [3.8, 4) is 0 Å². The minimum atomic E-state index is 0.0514. The zero-order valence-corrected chi connectivity index (χ0v) is 12.9. The number of carbonyl (C=O) groups excluding carboxylic acids is 1. The van der Waals surface area contributed by atoms with Crippen LogP contribution in [-0.4, -0.2) is 39.9 Å². The second-order valence-corrected chi connectivity index (χ2v) is 5.57. The first-order chi connectivity index (χ1) is 11.3. The summed E-state index contributed by atoms with van der Waals surface area (Å²) in [7, 11) is 0. The van der Waals surface area contributed by atoms with Gasteiger partial charge in [0.25, 0.3) is 0 Å². The predicted octanol–water partition coefficient (Wildman–Crippen LogP) is 2.59. The fourth-order valence-electron chi connectivity index (χ4n) is 2.66. The number of pyridine rings is 2. The number of nitrogens with one attached hydrogen (secondary N) is 1. The summed E-state index contributed by atoms with van der Waals surface area (Å²) in [4.78, 5) is 22.4. The first kappa shape index (κ1) is 15.2. The van der Waals surface area contributed by atoms with Gasteiger partial charge in [0.2, 0.25) is 5.91 Å². The maximum absolute atomic E-state index is 12.2. The Labute approximate surface area is 136 Å². The molecule has 3 heterocycles. The fraction of sp³-hybridized carbons (Fsp3) is 0.278. The smallest absolute Gasteiger partial charge is 0.246 e. The predicted molar refractivity (Wildman–Crippen MR) is 90.7 cm³/mol. The number of piperidine rings is 1. The topological polar surface area (TPSA) is 58.1 Å². The van der Waals surface area contributed by atoms with E-state index < -0.39 is 0 Å². The third-order valence-electron chi connectivity index (χ3n) is 3.92. The summed E-state index contributed by atoms with van der Waals surface area (Å²) in [6.45, 7) is 1.53. The molecule has 5 heteroatoms. The van der Waals surface area contributed by atoms with Crippen LogP contribution in [0.5, 0.6) is 0 Å². The van der Waals surface area contributed by atoms with Crippen LogP contribution in [0.25, 0.3) is 6.08 Å². The number of amides is 1. The maximum Gasteiger partial charge on any atom is 0.246 e. The van der Waals surface area contributed by atoms with Crippen molar-refractivity contribution in [3.05, 3.63) is 60.7 Å². The molecule has 1 amide bonds. The van der Waals surface area contributed by atoms with E-state index in [0.29, 0.717) is 6.04 Å². The number of carbonyl (C=O) groups is 1. The van der Waals surface area contributed by atoms with Gasteiger partial charge in [0.1, 0.15) is 0 Å². The van der Waals surface area contributed by atoms with Crippen molar-refractivity contribution in [2.24, 2.45) is 0 Å². The molecule has 1 fully saturated rings. The largest absolute Gasteiger partial charge is 0.381 e. The molecule has 0 unspecified atom stereocenters. The number of rotatable bonds is 4. The zero-order valence-electron chi connectivity index (χ0n) is 12.9. The van der Waals surface area contributed by atoms with Crippen molar-refractivity contribution >= 4 is 17.7 Å². The summed E-state index contributed by atoms with van der Waals surface area (Å²) in [5, 5.41) is 3.47. The summed E-state index contributed by atoms with van der Waals surface area (Å²) in [5.74, 6) is 0.0514. The number of aromatic nitrogens is 2. The van der Waals surface area contributed by atoms with Gasteiger partial charge in [-0.15, -0.1) is 0 Å². The number of likely N-dealkylation sites (tertiary alicyclic amines) is 1. The minimum Gasteiger partial charge on any atom is -0.381 e. The Morgan fingerprint density at radius 3 is 2.74 bits per heavy atom. The van der Waals surface area contributed by atoms with Crippen molar-refractivity contribution in [3.63, 3.8) is 0 Å². The van der Waals surface area contributed by atoms with E-state index in [0.717, 1.165) is 37.3 Å². The highest BCUT2D eigenvalue weighted by atomic mass is 16.2. The number of nitrogens with zero attached hydrogens (tertiary/aromatic N) is 3. The van der Waals surface area contributed by atoms with Gasteiger partial charge < -0.3 is 10.2 Å². The monoisotopic (exact) mass is 308 g/mol. The number of hydrogen-bond donors (Lipinski definition) is 1. The molecule has 1 N–H and O–H groups in total. The van der Waals surface area contributed by atoms with Crippen LogP contribution < -0.4 is 5.32 Å². The van der Waals surface area contributed by atoms with E-state index in [1.165, 1.54) is 0 Å². The molecule has 118 valence electrons. The molecule has 0 radical (unpaired) electrons. The Morgan fingerprint density at radius 1 is 1.17 bits per heavy atom. The normalized spacial score (nSPS) is 15.7. The van der Waals surface area contributed by atoms with Crippen molar-refractivity contribution in [1.29, 1.82) is 0 Å². The van der Waals surface area contributed by atoms with Gasteiger partial charge in [-0.2, -0.15) is 0 Å². The molecular weight excluding hydrogens is 288 g/mol. The van der Waals surface area contributed by atoms with Gasteiger partial charge >= 0.3 is 0 Å². The maximum atomic E-state index is 12.2. The first-order valence-corrected chi connectivity index (χ1v) is 7.86. The van der Waals surface area contributed by atoms with Gasteiger partial charge in [0.15, 0.2) is 0 Å². The van der Waals surface area contributed by atoms with Gasteiger partial charge in [-0.3, -0.25) is 14.8 Å². The van der Waals surface area contributed by atoms with E-state index in [1.54, 1.807) is 24.5 Å². The fourth-order valence-corrected chi connectivity index (χ4v) is 2.66. The summed E-state index contributed by atoms with van der Waals surface area (Å²) >= 11 is 0. The van der Waals surface area contributed by atoms with E-state index >= 15 is 0 Å². The molecular formula is C18H20N4O. The Hall–Kier alpha value is -2.69. The zero-order chi connectivity index (χ0) is 15.9. The van der Waals surface area contributed by atoms with E-state index in [-0.39, 0.29) is 5.91 Å². The van der Waals surface area contributed by atoms with Gasteiger partial charge in [0, 0.05) is 43.8 Å². The van der Waals surface area contributed by atoms with Gasteiger partial charge in [0.05, 0.1) is 11.4 Å². The van der Waals surface area contributed by atoms with Crippen molar-refractivity contribution < 1.29 is 4.79 Å². The van der Waals surface area contributed by atoms with E-state index in [2.05, 4.69) is 15.3 Å². The molecule has 1 aliphatic heterocycles. The standard InChI is InChI=1S/C18H20N4O/c23-18(7-6-15-4-1-2-11-20-15)22-12-8-16(9-13-22)21-17-5-3-10-19-14-17/h1-7,10-11,14,16,21H,8-9,12-13H2. The van der Waals surface area contributed by atoms with E-state index in [1.807, 2.05) is 41.4 Å². The molecule has 0 saturated carbocycles. The lowest BCUT2D eigenvalue weighted by Gasteiger charge is -2.32. The molecule has 0 spiro atoms. The van der Waals surface area contributed by atoms with Crippen LogP contribution in [0.1, 0.15) is 18.5 Å². The minimum absolute atomic E-state index is 0.0514. The molecule has 23 heavy (non-hydrogen) atoms. The number of anilines is 1. The first-order valence-electron chi connectivity index (χ1n) is 7.86. The van der Waals surface area contributed by atoms with Gasteiger partial charge in [-0.25, -0.2) is 0 Å². The van der Waals surface area contributed by atoms with Crippen LogP contribution in [0.3, 0.4) is 0 Å². The van der Waals surface area contributed by atoms with E-state index in [4.69, 9.17) is 0 Å². The van der Waals surface area contributed by atoms with Crippen LogP contribution in [0.4, 0.5) is 5.69 Å². The van der Waals surface area contributed by atoms with Crippen LogP contribution in [0, 0.1) is 0 Å². The van der Waals surface area contributed by atoms with Gasteiger partial charge in [-0.05, 0) is 43.2 Å². The Balaban J connectivity index is 1.48. The van der Waals surface area contributed by atoms with Crippen LogP contribution in [0.15, 0.2) is 55.0 Å². The van der Waals surface area contributed by atoms with Crippen molar-refractivity contribution in [2.75, 3.05) is 18.4 Å². The Bertz CT molecular complexity index is 649. The molecule has 5 nitrogen and oxygen atoms in total. The van der Waals surface area contributed by atoms with Crippen molar-refractivity contribution in [2.45, 2.75) is 18.9 Å². The highest BCUT2D eigenvalue weighted by Gasteiger charge is 2.21. The summed E-state index contributed by atoms with van der Waals surface area (Å²) in [5.41, 5.74) is 1.83. The van der Waals surface area contributed by atoms with Crippen LogP contribution >= 0.6 is 0 Å². The van der Waals surface area contributed by atoms with Crippen LogP contribution in [0.2, 0.25) is 0 Å². The quantitative estimate of drug-likeness (QED) is 0.882. The molecule has 0 atom stereocenters. The third kappa shape index (κ3) is 4.39. The summed E-state index contributed by atoms with van der Waals surface area (Å²) in [6.07, 6.45) is 10.6. The molecule has 0 aliphatic carbocycles. The molecule has 1 aliphatic rings. The number of hydrogen-bond acceptors (Lipinski definition) is 4. The summed E-state index contributed by atoms with van der Waals surface area (Å²) in [6, 6.07) is 9.98. The third-order valence-corrected chi connectivity index (χ3v) is 3.92. The molecule has 2 aromatic heterocycles. The highest BCUT2D eigenvalue weighted by molar-refractivity contribution is 5.91. The average molecular weight is 308 g/mol. The van der Waals surface area contributed by atoms with Crippen molar-refractivity contribution in [1.82, 2.24) is 14.9 Å². The second-order valence-electron chi connectivity index (χ2n) is 5.57. The molecule has 1 saturated heterocycles. The lowest BCUT2D eigenvalue weighted by Crippen LogP contribution is -2.41. The van der Waals surface area contributed by atoms with Crippen LogP contribution in [-0.2, 0) is 4.79 Å². The SMILES string of the molecule is O=C(C=Cc1ccccn1)N1CCC(Nc2cccnc2)CC1. The Morgan fingerprint density at radius 2 is 2.04 bits per heavy atom. The molecule has 0 bridgehead atoms. The lowest BCUT2D eigenvalue weighted by atomic mass is 10.0. The Kier molecular flexibility index (Phi) is 4.99. The average Bonchev–Trinajstić information content (AvgIpc) is 2.62. The molecule has 2 aromatic rings.